The first-order valence-electron chi connectivity index (χ1n) is 5.04. The Morgan fingerprint density at radius 2 is 2.21 bits per heavy atom. The van der Waals surface area contributed by atoms with Crippen LogP contribution in [0.2, 0.25) is 0 Å². The minimum Gasteiger partial charge on any atom is -0.478 e. The Morgan fingerprint density at radius 3 is 2.71 bits per heavy atom. The Hall–Kier alpha value is -1.09. The summed E-state index contributed by atoms with van der Waals surface area (Å²) in [6, 6.07) is 0.498. The number of carboxylic acid groups (broad SMARTS) is 1. The highest BCUT2D eigenvalue weighted by atomic mass is 16.4. The van der Waals surface area contributed by atoms with Crippen LogP contribution >= 0.6 is 0 Å². The van der Waals surface area contributed by atoms with E-state index in [1.54, 1.807) is 6.08 Å². The van der Waals surface area contributed by atoms with E-state index in [4.69, 9.17) is 5.11 Å². The molecule has 0 bridgehead atoms. The number of hydrogen-bond donors (Lipinski definition) is 2. The summed E-state index contributed by atoms with van der Waals surface area (Å²) in [5, 5.41) is 12.1. The standard InChI is InChI=1S/C11H17NO2/c1-2-9(11(13)14)7-8-12-10-5-3-4-6-10/h3-4,7,10,12H,2,5-6,8H2,1H3,(H,13,14)/b9-7-. The van der Waals surface area contributed by atoms with E-state index in [1.807, 2.05) is 6.92 Å². The third-order valence-electron chi connectivity index (χ3n) is 2.42. The van der Waals surface area contributed by atoms with Crippen LogP contribution in [0.1, 0.15) is 26.2 Å². The van der Waals surface area contributed by atoms with Crippen molar-refractivity contribution in [1.29, 1.82) is 0 Å². The highest BCUT2D eigenvalue weighted by Gasteiger charge is 2.08. The van der Waals surface area contributed by atoms with Crippen molar-refractivity contribution >= 4 is 5.97 Å². The molecule has 78 valence electrons. The van der Waals surface area contributed by atoms with E-state index in [0.717, 1.165) is 12.8 Å². The number of nitrogens with one attached hydrogen (secondary N) is 1. The van der Waals surface area contributed by atoms with Gasteiger partial charge in [-0.2, -0.15) is 0 Å². The third-order valence-corrected chi connectivity index (χ3v) is 2.42. The molecule has 3 nitrogen and oxygen atoms in total. The van der Waals surface area contributed by atoms with E-state index in [0.29, 0.717) is 24.6 Å². The fourth-order valence-corrected chi connectivity index (χ4v) is 1.52. The minimum absolute atomic E-state index is 0.489. The predicted octanol–water partition coefficient (Wildman–Crippen LogP) is 1.72. The fourth-order valence-electron chi connectivity index (χ4n) is 1.52. The summed E-state index contributed by atoms with van der Waals surface area (Å²) >= 11 is 0. The summed E-state index contributed by atoms with van der Waals surface area (Å²) < 4.78 is 0. The molecule has 1 rings (SSSR count). The highest BCUT2D eigenvalue weighted by Crippen LogP contribution is 2.08. The van der Waals surface area contributed by atoms with E-state index >= 15 is 0 Å². The van der Waals surface area contributed by atoms with Gasteiger partial charge in [0.15, 0.2) is 0 Å². The van der Waals surface area contributed by atoms with Gasteiger partial charge in [0.25, 0.3) is 0 Å². The van der Waals surface area contributed by atoms with Gasteiger partial charge >= 0.3 is 5.97 Å². The fraction of sp³-hybridized carbons (Fsp3) is 0.545. The Balaban J connectivity index is 2.26. The first kappa shape index (κ1) is 11.0. The van der Waals surface area contributed by atoms with Crippen molar-refractivity contribution in [3.8, 4) is 0 Å². The first-order chi connectivity index (χ1) is 6.74. The maximum Gasteiger partial charge on any atom is 0.331 e. The number of hydrogen-bond acceptors (Lipinski definition) is 2. The topological polar surface area (TPSA) is 49.3 Å². The molecule has 0 heterocycles. The molecule has 14 heavy (non-hydrogen) atoms. The molecule has 1 aliphatic carbocycles. The Bertz CT molecular complexity index is 248. The van der Waals surface area contributed by atoms with Crippen LogP contribution in [0.5, 0.6) is 0 Å². The lowest BCUT2D eigenvalue weighted by atomic mass is 10.2. The van der Waals surface area contributed by atoms with Crippen molar-refractivity contribution in [3.05, 3.63) is 23.8 Å². The molecular formula is C11H17NO2. The second-order valence-corrected chi connectivity index (χ2v) is 3.44. The summed E-state index contributed by atoms with van der Waals surface area (Å²) in [6.07, 6.45) is 8.77. The van der Waals surface area contributed by atoms with Crippen LogP contribution in [0.4, 0.5) is 0 Å². The lowest BCUT2D eigenvalue weighted by molar-refractivity contribution is -0.132. The molecule has 0 unspecified atom stereocenters. The molecule has 0 radical (unpaired) electrons. The zero-order valence-electron chi connectivity index (χ0n) is 8.49. The summed E-state index contributed by atoms with van der Waals surface area (Å²) in [5.74, 6) is -0.807. The monoisotopic (exact) mass is 195 g/mol. The summed E-state index contributed by atoms with van der Waals surface area (Å²) in [6.45, 7) is 2.51. The van der Waals surface area contributed by atoms with Crippen molar-refractivity contribution in [2.24, 2.45) is 0 Å². The molecule has 3 heteroatoms. The zero-order chi connectivity index (χ0) is 10.4. The Kier molecular flexibility index (Phi) is 4.40. The van der Waals surface area contributed by atoms with Crippen molar-refractivity contribution in [1.82, 2.24) is 5.32 Å². The number of carboxylic acids is 1. The lowest BCUT2D eigenvalue weighted by Crippen LogP contribution is -2.26. The molecule has 0 spiro atoms. The molecule has 0 atom stereocenters. The van der Waals surface area contributed by atoms with Gasteiger partial charge in [-0.15, -0.1) is 0 Å². The third kappa shape index (κ3) is 3.34. The van der Waals surface area contributed by atoms with E-state index < -0.39 is 5.97 Å². The van der Waals surface area contributed by atoms with Gasteiger partial charge in [0.2, 0.25) is 0 Å². The van der Waals surface area contributed by atoms with Crippen LogP contribution < -0.4 is 5.32 Å². The molecular weight excluding hydrogens is 178 g/mol. The average molecular weight is 195 g/mol. The zero-order valence-corrected chi connectivity index (χ0v) is 8.49. The number of rotatable bonds is 5. The predicted molar refractivity (Wildman–Crippen MR) is 56.2 cm³/mol. The second kappa shape index (κ2) is 5.60. The summed E-state index contributed by atoms with van der Waals surface area (Å²) in [5.41, 5.74) is 0.489. The van der Waals surface area contributed by atoms with Crippen LogP contribution in [-0.2, 0) is 4.79 Å². The van der Waals surface area contributed by atoms with Gasteiger partial charge in [-0.3, -0.25) is 0 Å². The van der Waals surface area contributed by atoms with Crippen LogP contribution in [0, 0.1) is 0 Å². The van der Waals surface area contributed by atoms with E-state index in [9.17, 15) is 4.79 Å². The number of carbonyl (C=O) groups is 1. The largest absolute Gasteiger partial charge is 0.478 e. The van der Waals surface area contributed by atoms with Crippen LogP contribution in [0.3, 0.4) is 0 Å². The summed E-state index contributed by atoms with van der Waals surface area (Å²) in [4.78, 5) is 10.6. The Morgan fingerprint density at radius 1 is 1.57 bits per heavy atom. The van der Waals surface area contributed by atoms with E-state index in [-0.39, 0.29) is 0 Å². The van der Waals surface area contributed by atoms with Crippen LogP contribution in [0.25, 0.3) is 0 Å². The first-order valence-corrected chi connectivity index (χ1v) is 5.04. The molecule has 0 saturated heterocycles. The molecule has 0 aromatic rings. The highest BCUT2D eigenvalue weighted by molar-refractivity contribution is 5.86. The maximum absolute atomic E-state index is 10.6. The van der Waals surface area contributed by atoms with Crippen LogP contribution in [-0.4, -0.2) is 23.7 Å². The minimum atomic E-state index is -0.807. The molecule has 0 aliphatic heterocycles. The second-order valence-electron chi connectivity index (χ2n) is 3.44. The Labute approximate surface area is 84.5 Å². The van der Waals surface area contributed by atoms with Crippen molar-refractivity contribution < 1.29 is 9.90 Å². The maximum atomic E-state index is 10.6. The smallest absolute Gasteiger partial charge is 0.331 e. The normalized spacial score (nSPS) is 17.6. The lowest BCUT2D eigenvalue weighted by Gasteiger charge is -2.09. The molecule has 0 fully saturated rings. The number of aliphatic carboxylic acids is 1. The van der Waals surface area contributed by atoms with Crippen molar-refractivity contribution in [2.45, 2.75) is 32.2 Å². The SMILES string of the molecule is CC/C(=C/CNC1CC=CC1)C(=O)O. The van der Waals surface area contributed by atoms with E-state index in [1.165, 1.54) is 0 Å². The molecule has 2 N–H and O–H groups in total. The van der Waals surface area contributed by atoms with Crippen LogP contribution in [0.15, 0.2) is 23.8 Å². The van der Waals surface area contributed by atoms with Gasteiger partial charge in [0.1, 0.15) is 0 Å². The van der Waals surface area contributed by atoms with Gasteiger partial charge < -0.3 is 10.4 Å². The van der Waals surface area contributed by atoms with Gasteiger partial charge in [-0.1, -0.05) is 25.2 Å². The van der Waals surface area contributed by atoms with Crippen molar-refractivity contribution in [2.75, 3.05) is 6.54 Å². The molecule has 0 saturated carbocycles. The van der Waals surface area contributed by atoms with Crippen molar-refractivity contribution in [3.63, 3.8) is 0 Å². The average Bonchev–Trinajstić information content (AvgIpc) is 2.64. The molecule has 1 aliphatic rings. The van der Waals surface area contributed by atoms with Gasteiger partial charge in [0, 0.05) is 18.2 Å². The summed E-state index contributed by atoms with van der Waals surface area (Å²) in [7, 11) is 0. The van der Waals surface area contributed by atoms with Gasteiger partial charge in [-0.25, -0.2) is 4.79 Å². The van der Waals surface area contributed by atoms with E-state index in [2.05, 4.69) is 17.5 Å². The van der Waals surface area contributed by atoms with Gasteiger partial charge in [0.05, 0.1) is 0 Å². The molecule has 0 aromatic heterocycles. The quantitative estimate of drug-likeness (QED) is 0.518. The van der Waals surface area contributed by atoms with Gasteiger partial charge in [-0.05, 0) is 19.3 Å². The molecule has 0 amide bonds. The molecule has 0 aromatic carbocycles.